The minimum absolute atomic E-state index is 0.00274. The predicted octanol–water partition coefficient (Wildman–Crippen LogP) is 3.19. The summed E-state index contributed by atoms with van der Waals surface area (Å²) in [5, 5.41) is 26.5. The zero-order chi connectivity index (χ0) is 22.2. The van der Waals surface area contributed by atoms with E-state index in [0.717, 1.165) is 11.6 Å². The van der Waals surface area contributed by atoms with E-state index in [-0.39, 0.29) is 35.4 Å². The number of benzene rings is 2. The van der Waals surface area contributed by atoms with Crippen LogP contribution in [0.2, 0.25) is 10.0 Å². The van der Waals surface area contributed by atoms with Gasteiger partial charge in [0, 0.05) is 16.6 Å². The van der Waals surface area contributed by atoms with Crippen molar-refractivity contribution in [3.05, 3.63) is 63.9 Å². The smallest absolute Gasteiger partial charge is 0.226 e. The summed E-state index contributed by atoms with van der Waals surface area (Å²) in [6.45, 7) is -0.278. The third-order valence-electron chi connectivity index (χ3n) is 6.04. The highest BCUT2D eigenvalue weighted by atomic mass is 35.5. The Kier molecular flexibility index (Phi) is 6.16. The lowest BCUT2D eigenvalue weighted by Crippen LogP contribution is -2.79. The second-order valence-corrected chi connectivity index (χ2v) is 9.24. The summed E-state index contributed by atoms with van der Waals surface area (Å²) < 4.78 is 18.9. The Balaban J connectivity index is 1.25. The molecule has 0 heterocycles. The molecule has 0 aliphatic heterocycles. The van der Waals surface area contributed by atoms with Crippen LogP contribution in [0.25, 0.3) is 0 Å². The van der Waals surface area contributed by atoms with Crippen LogP contribution < -0.4 is 15.4 Å². The fourth-order valence-electron chi connectivity index (χ4n) is 4.56. The first-order chi connectivity index (χ1) is 14.7. The van der Waals surface area contributed by atoms with Gasteiger partial charge in [0.15, 0.2) is 0 Å². The first-order valence-corrected chi connectivity index (χ1v) is 10.7. The van der Waals surface area contributed by atoms with E-state index < -0.39 is 23.5 Å². The quantitative estimate of drug-likeness (QED) is 0.424. The Hall–Kier alpha value is -1.90. The van der Waals surface area contributed by atoms with Gasteiger partial charge >= 0.3 is 0 Å². The van der Waals surface area contributed by atoms with Crippen LogP contribution in [0.4, 0.5) is 4.39 Å². The number of hydrogen-bond donors (Lipinski definition) is 4. The summed E-state index contributed by atoms with van der Waals surface area (Å²) in [4.78, 5) is 12.8. The van der Waals surface area contributed by atoms with Crippen molar-refractivity contribution in [2.45, 2.75) is 37.1 Å². The first kappa shape index (κ1) is 22.3. The van der Waals surface area contributed by atoms with Crippen LogP contribution in [0.15, 0.2) is 42.5 Å². The van der Waals surface area contributed by atoms with Gasteiger partial charge in [0.1, 0.15) is 24.4 Å². The van der Waals surface area contributed by atoms with Crippen LogP contribution in [0.3, 0.4) is 0 Å². The molecule has 1 amide bonds. The van der Waals surface area contributed by atoms with Gasteiger partial charge < -0.3 is 20.3 Å². The summed E-state index contributed by atoms with van der Waals surface area (Å²) in [5.74, 6) is -0.422. The van der Waals surface area contributed by atoms with E-state index in [4.69, 9.17) is 27.9 Å². The molecule has 0 saturated heterocycles. The number of halogens is 3. The summed E-state index contributed by atoms with van der Waals surface area (Å²) in [6.07, 6.45) is 0.825. The minimum atomic E-state index is -0.959. The van der Waals surface area contributed by atoms with Crippen LogP contribution in [0.5, 0.6) is 5.75 Å². The Morgan fingerprint density at radius 2 is 1.84 bits per heavy atom. The van der Waals surface area contributed by atoms with Gasteiger partial charge in [-0.15, -0.1) is 0 Å². The number of amides is 1. The highest BCUT2D eigenvalue weighted by Crippen LogP contribution is 2.67. The fraction of sp³-hybridized carbons (Fsp3) is 0.409. The van der Waals surface area contributed by atoms with Crippen molar-refractivity contribution in [3.8, 4) is 5.75 Å². The maximum atomic E-state index is 13.5. The van der Waals surface area contributed by atoms with Crippen LogP contribution in [0, 0.1) is 11.2 Å². The van der Waals surface area contributed by atoms with Crippen LogP contribution >= 0.6 is 23.2 Å². The van der Waals surface area contributed by atoms with Crippen molar-refractivity contribution in [1.29, 1.82) is 0 Å². The van der Waals surface area contributed by atoms with Crippen LogP contribution in [0.1, 0.15) is 30.9 Å². The second-order valence-electron chi connectivity index (χ2n) is 8.40. The van der Waals surface area contributed by atoms with Crippen molar-refractivity contribution >= 4 is 29.1 Å². The van der Waals surface area contributed by atoms with E-state index in [1.807, 2.05) is 0 Å². The van der Waals surface area contributed by atoms with Crippen molar-refractivity contribution < 1.29 is 24.1 Å². The van der Waals surface area contributed by atoms with Gasteiger partial charge in [-0.3, -0.25) is 10.1 Å². The van der Waals surface area contributed by atoms with E-state index in [1.54, 1.807) is 24.3 Å². The molecule has 0 aromatic heterocycles. The van der Waals surface area contributed by atoms with Gasteiger partial charge in [-0.2, -0.15) is 0 Å². The second kappa shape index (κ2) is 8.56. The summed E-state index contributed by atoms with van der Waals surface area (Å²) >= 11 is 11.5. The normalized spacial score (nSPS) is 25.7. The van der Waals surface area contributed by atoms with Gasteiger partial charge in [-0.1, -0.05) is 35.3 Å². The average Bonchev–Trinajstić information content (AvgIpc) is 2.69. The van der Waals surface area contributed by atoms with E-state index in [9.17, 15) is 19.4 Å². The molecule has 6 nitrogen and oxygen atoms in total. The zero-order valence-corrected chi connectivity index (χ0v) is 18.1. The number of aliphatic hydroxyl groups is 2. The summed E-state index contributed by atoms with van der Waals surface area (Å²) in [5.41, 5.74) is -0.00141. The third kappa shape index (κ3) is 4.52. The SMILES string of the molecule is O=C(NC(CO)c1ccc(Cl)cc1)C12CC(NC(O)COc3ccc(Cl)c(F)c3)(C1)C2. The van der Waals surface area contributed by atoms with Crippen molar-refractivity contribution in [2.75, 3.05) is 13.2 Å². The van der Waals surface area contributed by atoms with Gasteiger partial charge in [0.05, 0.1) is 23.1 Å². The van der Waals surface area contributed by atoms with Gasteiger partial charge in [0.2, 0.25) is 5.91 Å². The molecule has 2 bridgehead atoms. The molecule has 3 aliphatic carbocycles. The van der Waals surface area contributed by atoms with Gasteiger partial charge in [-0.25, -0.2) is 4.39 Å². The number of hydrogen-bond acceptors (Lipinski definition) is 5. The molecule has 3 aliphatic rings. The lowest BCUT2D eigenvalue weighted by atomic mass is 9.39. The number of aliphatic hydroxyl groups excluding tert-OH is 2. The molecule has 2 aromatic rings. The molecular weight excluding hydrogens is 446 g/mol. The van der Waals surface area contributed by atoms with E-state index in [2.05, 4.69) is 10.6 Å². The molecule has 166 valence electrons. The number of rotatable bonds is 9. The van der Waals surface area contributed by atoms with Gasteiger partial charge in [-0.05, 0) is 49.1 Å². The van der Waals surface area contributed by atoms with Crippen molar-refractivity contribution in [3.63, 3.8) is 0 Å². The Morgan fingerprint density at radius 1 is 1.16 bits per heavy atom. The number of nitrogens with one attached hydrogen (secondary N) is 2. The van der Waals surface area contributed by atoms with Gasteiger partial charge in [0.25, 0.3) is 0 Å². The van der Waals surface area contributed by atoms with Crippen LogP contribution in [-0.4, -0.2) is 41.1 Å². The zero-order valence-electron chi connectivity index (χ0n) is 16.6. The van der Waals surface area contributed by atoms with Crippen LogP contribution in [-0.2, 0) is 4.79 Å². The number of ether oxygens (including phenoxy) is 1. The number of carbonyl (C=O) groups excluding carboxylic acids is 1. The molecular formula is C22H23Cl2FN2O4. The fourth-order valence-corrected chi connectivity index (χ4v) is 4.80. The molecule has 3 fully saturated rings. The largest absolute Gasteiger partial charge is 0.489 e. The molecule has 2 unspecified atom stereocenters. The molecule has 9 heteroatoms. The highest BCUT2D eigenvalue weighted by molar-refractivity contribution is 6.30. The maximum Gasteiger partial charge on any atom is 0.226 e. The summed E-state index contributed by atoms with van der Waals surface area (Å²) in [7, 11) is 0. The Morgan fingerprint density at radius 3 is 2.45 bits per heavy atom. The van der Waals surface area contributed by atoms with Crippen molar-refractivity contribution in [2.24, 2.45) is 5.41 Å². The Labute approximate surface area is 189 Å². The maximum absolute atomic E-state index is 13.5. The lowest BCUT2D eigenvalue weighted by molar-refractivity contribution is -0.191. The average molecular weight is 469 g/mol. The predicted molar refractivity (Wildman–Crippen MR) is 114 cm³/mol. The molecule has 5 rings (SSSR count). The first-order valence-electron chi connectivity index (χ1n) is 9.95. The third-order valence-corrected chi connectivity index (χ3v) is 6.60. The summed E-state index contributed by atoms with van der Waals surface area (Å²) in [6, 6.07) is 10.6. The molecule has 0 spiro atoms. The molecule has 3 saturated carbocycles. The molecule has 31 heavy (non-hydrogen) atoms. The van der Waals surface area contributed by atoms with E-state index >= 15 is 0 Å². The molecule has 0 radical (unpaired) electrons. The Bertz CT molecular complexity index is 953. The highest BCUT2D eigenvalue weighted by Gasteiger charge is 2.71. The van der Waals surface area contributed by atoms with Crippen molar-refractivity contribution in [1.82, 2.24) is 10.6 Å². The molecule has 2 aromatic carbocycles. The van der Waals surface area contributed by atoms with E-state index in [1.165, 1.54) is 12.1 Å². The molecule has 4 N–H and O–H groups in total. The monoisotopic (exact) mass is 468 g/mol. The minimum Gasteiger partial charge on any atom is -0.489 e. The molecule has 2 atom stereocenters. The lowest BCUT2D eigenvalue weighted by Gasteiger charge is -2.70. The number of carbonyl (C=O) groups is 1. The standard InChI is InChI=1S/C22H23Cl2FN2O4/c23-14-3-1-13(2-4-14)18(8-28)26-20(30)21-10-22(11-21,12-21)27-19(29)9-31-15-5-6-16(24)17(25)7-15/h1-7,18-19,27-29H,8-12H2,(H,26,30). The van der Waals surface area contributed by atoms with E-state index in [0.29, 0.717) is 24.3 Å². The topological polar surface area (TPSA) is 90.8 Å².